The van der Waals surface area contributed by atoms with Gasteiger partial charge in [0.2, 0.25) is 0 Å². The van der Waals surface area contributed by atoms with E-state index in [1.165, 1.54) is 25.9 Å². The average Bonchev–Trinajstić information content (AvgIpc) is 2.76. The largest absolute Gasteiger partial charge is 0.446 e. The van der Waals surface area contributed by atoms with Gasteiger partial charge >= 0.3 is 0 Å². The third-order valence-corrected chi connectivity index (χ3v) is 3.94. The number of aliphatic hydroxyl groups excluding tert-OH is 1. The SMILES string of the molecule is CC(O)Cc1cnc(CC2CCN(C(C)C)CC2)o1. The number of nitrogens with zero attached hydrogens (tertiary/aromatic N) is 2. The molecule has 0 aromatic carbocycles. The van der Waals surface area contributed by atoms with Gasteiger partial charge in [-0.3, -0.25) is 0 Å². The van der Waals surface area contributed by atoms with Gasteiger partial charge in [-0.15, -0.1) is 0 Å². The fourth-order valence-corrected chi connectivity index (χ4v) is 2.75. The quantitative estimate of drug-likeness (QED) is 0.888. The Morgan fingerprint density at radius 3 is 2.63 bits per heavy atom. The minimum atomic E-state index is -0.366. The van der Waals surface area contributed by atoms with Crippen molar-refractivity contribution in [2.24, 2.45) is 5.92 Å². The summed E-state index contributed by atoms with van der Waals surface area (Å²) in [6.45, 7) is 8.66. The number of aliphatic hydroxyl groups is 1. The summed E-state index contributed by atoms with van der Waals surface area (Å²) in [6, 6.07) is 0.653. The second-order valence-corrected chi connectivity index (χ2v) is 6.05. The van der Waals surface area contributed by atoms with E-state index in [4.69, 9.17) is 4.42 Å². The number of likely N-dealkylation sites (tertiary alicyclic amines) is 1. The van der Waals surface area contributed by atoms with E-state index < -0.39 is 0 Å². The summed E-state index contributed by atoms with van der Waals surface area (Å²) in [4.78, 5) is 6.86. The van der Waals surface area contributed by atoms with Gasteiger partial charge in [0.15, 0.2) is 5.89 Å². The molecule has 1 unspecified atom stereocenters. The predicted octanol–water partition coefficient (Wildman–Crippen LogP) is 2.26. The number of hydrogen-bond donors (Lipinski definition) is 1. The van der Waals surface area contributed by atoms with Crippen molar-refractivity contribution < 1.29 is 9.52 Å². The Bertz CT molecular complexity index is 379. The van der Waals surface area contributed by atoms with Crippen molar-refractivity contribution in [2.45, 2.75) is 58.6 Å². The van der Waals surface area contributed by atoms with Gasteiger partial charge < -0.3 is 14.4 Å². The van der Waals surface area contributed by atoms with Crippen molar-refractivity contribution in [3.63, 3.8) is 0 Å². The zero-order valence-corrected chi connectivity index (χ0v) is 12.3. The van der Waals surface area contributed by atoms with Crippen LogP contribution in [-0.2, 0) is 12.8 Å². The van der Waals surface area contributed by atoms with E-state index in [0.717, 1.165) is 18.1 Å². The summed E-state index contributed by atoms with van der Waals surface area (Å²) in [5.74, 6) is 2.32. The molecule has 1 aliphatic rings. The molecule has 1 aromatic rings. The van der Waals surface area contributed by atoms with Gasteiger partial charge in [0, 0.05) is 18.9 Å². The molecule has 0 radical (unpaired) electrons. The number of hydrogen-bond acceptors (Lipinski definition) is 4. The van der Waals surface area contributed by atoms with Crippen LogP contribution in [0, 0.1) is 5.92 Å². The van der Waals surface area contributed by atoms with E-state index in [0.29, 0.717) is 18.4 Å². The molecule has 0 spiro atoms. The van der Waals surface area contributed by atoms with Crippen LogP contribution in [0.15, 0.2) is 10.6 Å². The lowest BCUT2D eigenvalue weighted by molar-refractivity contribution is 0.145. The lowest BCUT2D eigenvalue weighted by Crippen LogP contribution is -2.38. The fraction of sp³-hybridized carbons (Fsp3) is 0.800. The van der Waals surface area contributed by atoms with Crippen molar-refractivity contribution in [3.05, 3.63) is 17.8 Å². The van der Waals surface area contributed by atoms with Gasteiger partial charge in [-0.2, -0.15) is 0 Å². The highest BCUT2D eigenvalue weighted by Crippen LogP contribution is 2.22. The molecule has 1 N–H and O–H groups in total. The second kappa shape index (κ2) is 6.53. The maximum atomic E-state index is 9.32. The number of oxazole rings is 1. The molecule has 4 nitrogen and oxygen atoms in total. The average molecular weight is 266 g/mol. The smallest absolute Gasteiger partial charge is 0.194 e. The highest BCUT2D eigenvalue weighted by Gasteiger charge is 2.22. The Morgan fingerprint density at radius 1 is 1.37 bits per heavy atom. The van der Waals surface area contributed by atoms with Crippen LogP contribution in [0.3, 0.4) is 0 Å². The summed E-state index contributed by atoms with van der Waals surface area (Å²) >= 11 is 0. The molecule has 1 aliphatic heterocycles. The van der Waals surface area contributed by atoms with Crippen molar-refractivity contribution in [2.75, 3.05) is 13.1 Å². The maximum Gasteiger partial charge on any atom is 0.194 e. The Kier molecular flexibility index (Phi) is 4.99. The lowest BCUT2D eigenvalue weighted by Gasteiger charge is -2.34. The molecule has 19 heavy (non-hydrogen) atoms. The summed E-state index contributed by atoms with van der Waals surface area (Å²) in [6.07, 6.45) is 5.34. The van der Waals surface area contributed by atoms with Crippen LogP contribution in [-0.4, -0.2) is 40.2 Å². The number of rotatable bonds is 5. The molecule has 4 heteroatoms. The molecule has 0 saturated carbocycles. The van der Waals surface area contributed by atoms with Crippen LogP contribution < -0.4 is 0 Å². The first-order valence-corrected chi connectivity index (χ1v) is 7.40. The Morgan fingerprint density at radius 2 is 2.05 bits per heavy atom. The lowest BCUT2D eigenvalue weighted by atomic mass is 9.93. The maximum absolute atomic E-state index is 9.32. The molecule has 0 bridgehead atoms. The molecule has 2 rings (SSSR count). The standard InChI is InChI=1S/C15H26N2O2/c1-11(2)17-6-4-13(5-7-17)9-15-16-10-14(19-15)8-12(3)18/h10-13,18H,4-9H2,1-3H3. The Hall–Kier alpha value is -0.870. The molecule has 0 amide bonds. The summed E-state index contributed by atoms with van der Waals surface area (Å²) < 4.78 is 5.69. The topological polar surface area (TPSA) is 49.5 Å². The molecular formula is C15H26N2O2. The van der Waals surface area contributed by atoms with Crippen molar-refractivity contribution >= 4 is 0 Å². The first-order chi connectivity index (χ1) is 9.04. The van der Waals surface area contributed by atoms with Gasteiger partial charge in [0.1, 0.15) is 5.76 Å². The molecule has 2 heterocycles. The minimum Gasteiger partial charge on any atom is -0.446 e. The summed E-state index contributed by atoms with van der Waals surface area (Å²) in [7, 11) is 0. The molecule has 1 fully saturated rings. The van der Waals surface area contributed by atoms with Crippen LogP contribution in [0.1, 0.15) is 45.3 Å². The van der Waals surface area contributed by atoms with E-state index in [1.807, 2.05) is 0 Å². The van der Waals surface area contributed by atoms with Crippen LogP contribution >= 0.6 is 0 Å². The normalized spacial score (nSPS) is 20.1. The molecule has 1 aromatic heterocycles. The summed E-state index contributed by atoms with van der Waals surface area (Å²) in [5.41, 5.74) is 0. The predicted molar refractivity (Wildman–Crippen MR) is 75.0 cm³/mol. The third-order valence-electron chi connectivity index (χ3n) is 3.94. The van der Waals surface area contributed by atoms with Crippen LogP contribution in [0.25, 0.3) is 0 Å². The zero-order valence-electron chi connectivity index (χ0n) is 12.3. The van der Waals surface area contributed by atoms with Gasteiger partial charge in [0.05, 0.1) is 12.3 Å². The van der Waals surface area contributed by atoms with Gasteiger partial charge in [0.25, 0.3) is 0 Å². The van der Waals surface area contributed by atoms with E-state index in [9.17, 15) is 5.11 Å². The Labute approximate surface area is 115 Å². The van der Waals surface area contributed by atoms with E-state index in [-0.39, 0.29) is 6.10 Å². The second-order valence-electron chi connectivity index (χ2n) is 6.05. The molecule has 1 saturated heterocycles. The van der Waals surface area contributed by atoms with Gasteiger partial charge in [-0.25, -0.2) is 4.98 Å². The van der Waals surface area contributed by atoms with E-state index >= 15 is 0 Å². The highest BCUT2D eigenvalue weighted by molar-refractivity contribution is 4.96. The molecule has 0 aliphatic carbocycles. The van der Waals surface area contributed by atoms with E-state index in [2.05, 4.69) is 23.7 Å². The van der Waals surface area contributed by atoms with Crippen LogP contribution in [0.5, 0.6) is 0 Å². The minimum absolute atomic E-state index is 0.366. The van der Waals surface area contributed by atoms with Gasteiger partial charge in [-0.05, 0) is 52.6 Å². The molecule has 108 valence electrons. The zero-order chi connectivity index (χ0) is 13.8. The molecular weight excluding hydrogens is 240 g/mol. The Balaban J connectivity index is 1.80. The number of piperidine rings is 1. The fourth-order valence-electron chi connectivity index (χ4n) is 2.75. The van der Waals surface area contributed by atoms with Crippen molar-refractivity contribution in [3.8, 4) is 0 Å². The first kappa shape index (κ1) is 14.5. The highest BCUT2D eigenvalue weighted by atomic mass is 16.4. The van der Waals surface area contributed by atoms with Crippen LogP contribution in [0.4, 0.5) is 0 Å². The number of aromatic nitrogens is 1. The van der Waals surface area contributed by atoms with Crippen molar-refractivity contribution in [1.29, 1.82) is 0 Å². The summed E-state index contributed by atoms with van der Waals surface area (Å²) in [5, 5.41) is 9.32. The first-order valence-electron chi connectivity index (χ1n) is 7.40. The van der Waals surface area contributed by atoms with Gasteiger partial charge in [-0.1, -0.05) is 0 Å². The van der Waals surface area contributed by atoms with E-state index in [1.54, 1.807) is 13.1 Å². The van der Waals surface area contributed by atoms with Crippen LogP contribution in [0.2, 0.25) is 0 Å². The monoisotopic (exact) mass is 266 g/mol. The van der Waals surface area contributed by atoms with Crippen molar-refractivity contribution in [1.82, 2.24) is 9.88 Å². The third kappa shape index (κ3) is 4.32. The molecule has 1 atom stereocenters.